The quantitative estimate of drug-likeness (QED) is 0.193. The number of esters is 1. The minimum atomic E-state index is -0.569. The minimum Gasteiger partial charge on any atom is -0.493 e. The van der Waals surface area contributed by atoms with E-state index in [0.29, 0.717) is 35.2 Å². The number of methoxy groups -OCH3 is 1. The van der Waals surface area contributed by atoms with Crippen molar-refractivity contribution in [3.8, 4) is 34.8 Å². The summed E-state index contributed by atoms with van der Waals surface area (Å²) < 4.78 is 28.6. The second kappa shape index (κ2) is 12.4. The van der Waals surface area contributed by atoms with Crippen molar-refractivity contribution in [2.24, 2.45) is 5.73 Å². The molecule has 1 atom stereocenters. The van der Waals surface area contributed by atoms with Crippen LogP contribution in [-0.2, 0) is 11.4 Å². The highest BCUT2D eigenvalue weighted by atomic mass is 16.6. The Morgan fingerprint density at radius 2 is 1.74 bits per heavy atom. The molecule has 0 saturated carbocycles. The largest absolute Gasteiger partial charge is 0.493 e. The topological polar surface area (TPSA) is 113 Å². The van der Waals surface area contributed by atoms with E-state index in [9.17, 15) is 10.1 Å². The molecule has 0 bridgehead atoms. The molecule has 1 aliphatic heterocycles. The van der Waals surface area contributed by atoms with Crippen LogP contribution in [0.1, 0.15) is 33.7 Å². The number of nitriles is 1. The van der Waals surface area contributed by atoms with E-state index in [1.54, 1.807) is 31.4 Å². The summed E-state index contributed by atoms with van der Waals surface area (Å²) in [4.78, 5) is 12.6. The van der Waals surface area contributed by atoms with Crippen LogP contribution in [0.25, 0.3) is 0 Å². The molecule has 2 N–H and O–H groups in total. The average molecular weight is 563 g/mol. The van der Waals surface area contributed by atoms with Gasteiger partial charge in [0.15, 0.2) is 18.1 Å². The van der Waals surface area contributed by atoms with Crippen molar-refractivity contribution < 1.29 is 28.5 Å². The van der Waals surface area contributed by atoms with Gasteiger partial charge in [0, 0.05) is 11.6 Å². The number of hydrogen-bond donors (Lipinski definition) is 1. The lowest BCUT2D eigenvalue weighted by molar-refractivity contribution is -0.136. The van der Waals surface area contributed by atoms with E-state index in [-0.39, 0.29) is 23.8 Å². The van der Waals surface area contributed by atoms with Gasteiger partial charge in [0.25, 0.3) is 0 Å². The van der Waals surface area contributed by atoms with E-state index in [4.69, 9.17) is 29.4 Å². The molecule has 5 rings (SSSR count). The minimum absolute atomic E-state index is 0.0277. The van der Waals surface area contributed by atoms with Crippen molar-refractivity contribution >= 4 is 5.97 Å². The number of carbonyl (C=O) groups is 1. The molecule has 1 unspecified atom stereocenters. The Hall–Kier alpha value is -5.42. The number of fused-ring (bicyclic) bond motifs is 1. The first-order chi connectivity index (χ1) is 20.4. The summed E-state index contributed by atoms with van der Waals surface area (Å²) in [6.07, 6.45) is 0. The van der Waals surface area contributed by atoms with E-state index in [2.05, 4.69) is 6.07 Å². The molecule has 0 aromatic heterocycles. The molecule has 0 spiro atoms. The Kier molecular flexibility index (Phi) is 8.30. The van der Waals surface area contributed by atoms with E-state index >= 15 is 0 Å². The molecular formula is C34H30N2O6. The van der Waals surface area contributed by atoms with Crippen molar-refractivity contribution in [1.29, 1.82) is 5.26 Å². The van der Waals surface area contributed by atoms with Gasteiger partial charge in [-0.1, -0.05) is 54.6 Å². The van der Waals surface area contributed by atoms with Crippen LogP contribution in [0.4, 0.5) is 0 Å². The molecule has 8 nitrogen and oxygen atoms in total. The normalized spacial score (nSPS) is 13.8. The van der Waals surface area contributed by atoms with Gasteiger partial charge in [-0.3, -0.25) is 0 Å². The number of hydrogen-bond acceptors (Lipinski definition) is 8. The Bertz CT molecular complexity index is 1690. The summed E-state index contributed by atoms with van der Waals surface area (Å²) in [5.74, 6) is 1.21. The molecule has 0 amide bonds. The lowest BCUT2D eigenvalue weighted by Gasteiger charge is -2.27. The summed E-state index contributed by atoms with van der Waals surface area (Å²) in [6, 6.07) is 28.1. The molecule has 212 valence electrons. The van der Waals surface area contributed by atoms with Crippen LogP contribution in [0.2, 0.25) is 0 Å². The molecular weight excluding hydrogens is 532 g/mol. The van der Waals surface area contributed by atoms with Gasteiger partial charge in [0.2, 0.25) is 5.88 Å². The number of aryl methyl sites for hydroxylation is 1. The van der Waals surface area contributed by atoms with Gasteiger partial charge in [-0.25, -0.2) is 4.79 Å². The molecule has 8 heteroatoms. The molecule has 4 aromatic rings. The number of benzene rings is 4. The third-order valence-corrected chi connectivity index (χ3v) is 7.08. The number of nitrogens with zero attached hydrogens (tertiary/aromatic N) is 1. The standard InChI is InChI=1S/C34H30N2O6/c1-21-8-7-11-28(22(21)2)40-20-32(37)41-25-13-14-26-30(17-25)42-34(36)27(18-35)33(26)24-12-15-29(31(16-24)38-3)39-19-23-9-5-4-6-10-23/h4-17,33H,19-20,36H2,1-3H3. The fraction of sp³-hybridized carbons (Fsp3) is 0.176. The second-order valence-electron chi connectivity index (χ2n) is 9.77. The summed E-state index contributed by atoms with van der Waals surface area (Å²) in [5.41, 5.74) is 10.9. The fourth-order valence-corrected chi connectivity index (χ4v) is 4.74. The average Bonchev–Trinajstić information content (AvgIpc) is 3.00. The van der Waals surface area contributed by atoms with Crippen molar-refractivity contribution in [2.45, 2.75) is 26.4 Å². The van der Waals surface area contributed by atoms with Gasteiger partial charge in [0.1, 0.15) is 35.5 Å². The second-order valence-corrected chi connectivity index (χ2v) is 9.77. The van der Waals surface area contributed by atoms with Crippen LogP contribution in [-0.4, -0.2) is 19.7 Å². The maximum absolute atomic E-state index is 12.6. The highest BCUT2D eigenvalue weighted by Gasteiger charge is 2.32. The highest BCUT2D eigenvalue weighted by molar-refractivity contribution is 5.74. The molecule has 0 aliphatic carbocycles. The van der Waals surface area contributed by atoms with Gasteiger partial charge in [-0.2, -0.15) is 5.26 Å². The molecule has 42 heavy (non-hydrogen) atoms. The van der Waals surface area contributed by atoms with Crippen LogP contribution < -0.4 is 29.4 Å². The third-order valence-electron chi connectivity index (χ3n) is 7.08. The van der Waals surface area contributed by atoms with Crippen LogP contribution in [0, 0.1) is 25.2 Å². The number of allylic oxidation sites excluding steroid dienone is 1. The zero-order valence-corrected chi connectivity index (χ0v) is 23.5. The Balaban J connectivity index is 1.36. The van der Waals surface area contributed by atoms with Gasteiger partial charge in [0.05, 0.1) is 13.0 Å². The summed E-state index contributed by atoms with van der Waals surface area (Å²) in [7, 11) is 1.56. The van der Waals surface area contributed by atoms with Gasteiger partial charge >= 0.3 is 5.97 Å². The van der Waals surface area contributed by atoms with Crippen LogP contribution in [0.3, 0.4) is 0 Å². The summed E-state index contributed by atoms with van der Waals surface area (Å²) in [6.45, 7) is 4.03. The number of nitrogens with two attached hydrogens (primary N) is 1. The lowest BCUT2D eigenvalue weighted by Crippen LogP contribution is -2.22. The molecule has 4 aromatic carbocycles. The van der Waals surface area contributed by atoms with Crippen LogP contribution >= 0.6 is 0 Å². The number of rotatable bonds is 9. The first-order valence-corrected chi connectivity index (χ1v) is 13.3. The molecule has 0 radical (unpaired) electrons. The van der Waals surface area contributed by atoms with Gasteiger partial charge in [-0.05, 0) is 60.4 Å². The molecule has 1 aliphatic rings. The maximum Gasteiger partial charge on any atom is 0.349 e. The van der Waals surface area contributed by atoms with Crippen molar-refractivity contribution in [3.63, 3.8) is 0 Å². The Labute approximate surface area is 244 Å². The first-order valence-electron chi connectivity index (χ1n) is 13.3. The number of ether oxygens (including phenoxy) is 5. The van der Waals surface area contributed by atoms with E-state index < -0.39 is 11.9 Å². The third kappa shape index (κ3) is 6.01. The van der Waals surface area contributed by atoms with E-state index in [1.165, 1.54) is 0 Å². The zero-order valence-electron chi connectivity index (χ0n) is 23.5. The predicted molar refractivity (Wildman–Crippen MR) is 157 cm³/mol. The SMILES string of the molecule is COc1cc(C2C(C#N)=C(N)Oc3cc(OC(=O)COc4cccc(C)c4C)ccc32)ccc1OCc1ccccc1. The fourth-order valence-electron chi connectivity index (χ4n) is 4.74. The van der Waals surface area contributed by atoms with Gasteiger partial charge in [-0.15, -0.1) is 0 Å². The van der Waals surface area contributed by atoms with Crippen molar-refractivity contribution in [3.05, 3.63) is 124 Å². The summed E-state index contributed by atoms with van der Waals surface area (Å²) in [5, 5.41) is 9.97. The van der Waals surface area contributed by atoms with Crippen LogP contribution in [0.5, 0.6) is 28.7 Å². The predicted octanol–water partition coefficient (Wildman–Crippen LogP) is 6.09. The number of carbonyl (C=O) groups excluding carboxylic acids is 1. The van der Waals surface area contributed by atoms with E-state index in [0.717, 1.165) is 22.3 Å². The maximum atomic E-state index is 12.6. The van der Waals surface area contributed by atoms with Gasteiger partial charge < -0.3 is 29.4 Å². The van der Waals surface area contributed by atoms with E-state index in [1.807, 2.05) is 74.5 Å². The molecule has 0 saturated heterocycles. The smallest absolute Gasteiger partial charge is 0.349 e. The Morgan fingerprint density at radius 3 is 2.50 bits per heavy atom. The first kappa shape index (κ1) is 28.1. The Morgan fingerprint density at radius 1 is 0.929 bits per heavy atom. The van der Waals surface area contributed by atoms with Crippen molar-refractivity contribution in [2.75, 3.05) is 13.7 Å². The zero-order chi connectivity index (χ0) is 29.6. The molecule has 1 heterocycles. The van der Waals surface area contributed by atoms with Crippen molar-refractivity contribution in [1.82, 2.24) is 0 Å². The van der Waals surface area contributed by atoms with Crippen LogP contribution in [0.15, 0.2) is 96.4 Å². The summed E-state index contributed by atoms with van der Waals surface area (Å²) >= 11 is 0. The molecule has 0 fully saturated rings. The highest BCUT2D eigenvalue weighted by Crippen LogP contribution is 2.45. The lowest BCUT2D eigenvalue weighted by atomic mass is 9.83. The monoisotopic (exact) mass is 562 g/mol.